The Bertz CT molecular complexity index is 993. The number of hydrogen-bond acceptors (Lipinski definition) is 11. The van der Waals surface area contributed by atoms with Gasteiger partial charge < -0.3 is 18.9 Å². The fraction of sp³-hybridized carbons (Fsp3) is 0.476. The number of esters is 3. The topological polar surface area (TPSA) is 114 Å². The van der Waals surface area contributed by atoms with Crippen LogP contribution in [0.15, 0.2) is 18.3 Å². The molecule has 0 aliphatic carbocycles. The minimum Gasteiger partial charge on any atom is -0.474 e. The van der Waals surface area contributed by atoms with Crippen molar-refractivity contribution in [2.45, 2.75) is 58.4 Å². The minimum atomic E-state index is -0.999. The molecule has 0 aromatic carbocycles. The first-order valence-electron chi connectivity index (χ1n) is 9.84. The smallest absolute Gasteiger partial charge is 0.303 e. The van der Waals surface area contributed by atoms with Gasteiger partial charge in [0.1, 0.15) is 5.75 Å². The predicted octanol–water partition coefficient (Wildman–Crippen LogP) is 3.07. The maximum Gasteiger partial charge on any atom is 0.303 e. The Morgan fingerprint density at radius 3 is 2.16 bits per heavy atom. The monoisotopic (exact) mass is 480 g/mol. The Morgan fingerprint density at radius 2 is 1.62 bits per heavy atom. The third-order valence-corrected chi connectivity index (χ3v) is 6.74. The molecular weight excluding hydrogens is 456 g/mol. The van der Waals surface area contributed by atoms with E-state index in [4.69, 9.17) is 18.9 Å². The van der Waals surface area contributed by atoms with E-state index in [1.54, 1.807) is 23.6 Å². The average molecular weight is 481 g/mol. The molecule has 4 atom stereocenters. The predicted molar refractivity (Wildman–Crippen MR) is 118 cm³/mol. The third kappa shape index (κ3) is 5.98. The van der Waals surface area contributed by atoms with Crippen molar-refractivity contribution in [1.82, 2.24) is 9.97 Å². The lowest BCUT2D eigenvalue weighted by Crippen LogP contribution is -2.55. The number of ether oxygens (including phenoxy) is 4. The standard InChI is InChI=1S/C21H24N2O7S2/c1-10-20(32-11(2)23-10)16-7-6-15(8-22-16)30-21-19(29-14(5)26)18(28-13(4)25)17(9-31-21)27-12(3)24/h6-8,17-19,21H,9H2,1-5H3/t17-,18+,19-,21?/m1/s1. The first-order chi connectivity index (χ1) is 15.1. The summed E-state index contributed by atoms with van der Waals surface area (Å²) in [7, 11) is 0. The molecule has 1 fully saturated rings. The molecule has 0 amide bonds. The summed E-state index contributed by atoms with van der Waals surface area (Å²) in [6.45, 7) is 7.62. The van der Waals surface area contributed by atoms with E-state index in [-0.39, 0.29) is 0 Å². The van der Waals surface area contributed by atoms with E-state index in [0.717, 1.165) is 21.3 Å². The van der Waals surface area contributed by atoms with Crippen molar-refractivity contribution in [3.05, 3.63) is 29.0 Å². The Hall–Kier alpha value is -2.66. The first-order valence-corrected chi connectivity index (χ1v) is 11.7. The average Bonchev–Trinajstić information content (AvgIpc) is 3.04. The number of hydrogen-bond donors (Lipinski definition) is 0. The molecule has 0 spiro atoms. The first kappa shape index (κ1) is 24.0. The van der Waals surface area contributed by atoms with Crippen molar-refractivity contribution < 1.29 is 33.3 Å². The molecule has 1 unspecified atom stereocenters. The van der Waals surface area contributed by atoms with Gasteiger partial charge in [-0.2, -0.15) is 0 Å². The van der Waals surface area contributed by atoms with Gasteiger partial charge in [-0.05, 0) is 26.0 Å². The molecule has 1 aliphatic heterocycles. The molecule has 1 saturated heterocycles. The molecule has 0 N–H and O–H groups in total. The van der Waals surface area contributed by atoms with Gasteiger partial charge in [-0.3, -0.25) is 19.4 Å². The Kier molecular flexibility index (Phi) is 7.73. The van der Waals surface area contributed by atoms with Crippen molar-refractivity contribution >= 4 is 41.0 Å². The van der Waals surface area contributed by atoms with Gasteiger partial charge in [0.05, 0.1) is 27.5 Å². The molecular formula is C21H24N2O7S2. The van der Waals surface area contributed by atoms with Crippen LogP contribution in [0, 0.1) is 13.8 Å². The summed E-state index contributed by atoms with van der Waals surface area (Å²) in [5.74, 6) is -0.937. The number of aromatic nitrogens is 2. The highest BCUT2D eigenvalue weighted by Gasteiger charge is 2.47. The van der Waals surface area contributed by atoms with Gasteiger partial charge in [0.25, 0.3) is 0 Å². The zero-order valence-electron chi connectivity index (χ0n) is 18.3. The highest BCUT2D eigenvalue weighted by Crippen LogP contribution is 2.35. The SMILES string of the molecule is CC(=O)O[C@H]1[C@H](OC(C)=O)CSC(Oc2ccc(-c3sc(C)nc3C)nc2)[C@@H]1OC(C)=O. The van der Waals surface area contributed by atoms with Crippen LogP contribution in [-0.4, -0.2) is 57.4 Å². The lowest BCUT2D eigenvalue weighted by Gasteiger charge is -2.39. The summed E-state index contributed by atoms with van der Waals surface area (Å²) in [4.78, 5) is 44.8. The van der Waals surface area contributed by atoms with Crippen LogP contribution in [-0.2, 0) is 28.6 Å². The number of carbonyl (C=O) groups excluding carboxylic acids is 3. The second-order valence-corrected chi connectivity index (χ2v) is 9.48. The molecule has 0 radical (unpaired) electrons. The number of nitrogens with zero attached hydrogens (tertiary/aromatic N) is 2. The van der Waals surface area contributed by atoms with Crippen LogP contribution in [0.4, 0.5) is 0 Å². The Morgan fingerprint density at radius 1 is 0.969 bits per heavy atom. The fourth-order valence-corrected chi connectivity index (χ4v) is 5.41. The molecule has 3 rings (SSSR count). The highest BCUT2D eigenvalue weighted by molar-refractivity contribution is 7.99. The van der Waals surface area contributed by atoms with Crippen LogP contribution >= 0.6 is 23.1 Å². The quantitative estimate of drug-likeness (QED) is 0.451. The van der Waals surface area contributed by atoms with E-state index in [2.05, 4.69) is 9.97 Å². The zero-order chi connectivity index (χ0) is 23.4. The van der Waals surface area contributed by atoms with Crippen molar-refractivity contribution in [2.75, 3.05) is 5.75 Å². The normalized spacial score (nSPS) is 22.7. The number of carbonyl (C=O) groups is 3. The molecule has 32 heavy (non-hydrogen) atoms. The molecule has 3 heterocycles. The lowest BCUT2D eigenvalue weighted by atomic mass is 10.1. The molecule has 0 saturated carbocycles. The van der Waals surface area contributed by atoms with E-state index in [9.17, 15) is 14.4 Å². The van der Waals surface area contributed by atoms with Gasteiger partial charge >= 0.3 is 17.9 Å². The second kappa shape index (κ2) is 10.3. The van der Waals surface area contributed by atoms with Crippen LogP contribution in [0.3, 0.4) is 0 Å². The summed E-state index contributed by atoms with van der Waals surface area (Å²) in [6.07, 6.45) is -1.18. The third-order valence-electron chi connectivity index (χ3n) is 4.43. The Balaban J connectivity index is 1.81. The van der Waals surface area contributed by atoms with Crippen molar-refractivity contribution in [1.29, 1.82) is 0 Å². The molecule has 172 valence electrons. The van der Waals surface area contributed by atoms with Gasteiger partial charge in [-0.1, -0.05) is 0 Å². The van der Waals surface area contributed by atoms with Crippen LogP contribution < -0.4 is 4.74 Å². The molecule has 2 aromatic heterocycles. The van der Waals surface area contributed by atoms with Crippen molar-refractivity contribution in [2.24, 2.45) is 0 Å². The van der Waals surface area contributed by atoms with Gasteiger partial charge in [0.15, 0.2) is 23.7 Å². The number of thiazole rings is 1. The molecule has 2 aromatic rings. The molecule has 11 heteroatoms. The van der Waals surface area contributed by atoms with Crippen LogP contribution in [0.1, 0.15) is 31.5 Å². The molecule has 9 nitrogen and oxygen atoms in total. The highest BCUT2D eigenvalue weighted by atomic mass is 32.2. The summed E-state index contributed by atoms with van der Waals surface area (Å²) in [5, 5.41) is 0.960. The van der Waals surface area contributed by atoms with Crippen LogP contribution in [0.5, 0.6) is 5.75 Å². The van der Waals surface area contributed by atoms with Crippen molar-refractivity contribution in [3.63, 3.8) is 0 Å². The molecule has 1 aliphatic rings. The maximum absolute atomic E-state index is 11.8. The van der Waals surface area contributed by atoms with E-state index in [1.165, 1.54) is 32.5 Å². The van der Waals surface area contributed by atoms with Crippen molar-refractivity contribution in [3.8, 4) is 16.3 Å². The van der Waals surface area contributed by atoms with E-state index in [0.29, 0.717) is 11.5 Å². The van der Waals surface area contributed by atoms with Gasteiger partial charge in [0, 0.05) is 26.5 Å². The fourth-order valence-electron chi connectivity index (χ4n) is 3.30. The van der Waals surface area contributed by atoms with Crippen LogP contribution in [0.2, 0.25) is 0 Å². The lowest BCUT2D eigenvalue weighted by molar-refractivity contribution is -0.186. The van der Waals surface area contributed by atoms with E-state index < -0.39 is 41.7 Å². The zero-order valence-corrected chi connectivity index (χ0v) is 20.0. The summed E-state index contributed by atoms with van der Waals surface area (Å²) >= 11 is 2.85. The maximum atomic E-state index is 11.8. The summed E-state index contributed by atoms with van der Waals surface area (Å²) in [6, 6.07) is 3.59. The number of thioether (sulfide) groups is 1. The van der Waals surface area contributed by atoms with E-state index >= 15 is 0 Å². The summed E-state index contributed by atoms with van der Waals surface area (Å²) in [5.41, 5.74) is 0.989. The van der Waals surface area contributed by atoms with Gasteiger partial charge in [-0.25, -0.2) is 4.98 Å². The van der Waals surface area contributed by atoms with Gasteiger partial charge in [-0.15, -0.1) is 23.1 Å². The van der Waals surface area contributed by atoms with E-state index in [1.807, 2.05) is 19.9 Å². The Labute approximate surface area is 193 Å². The number of pyridine rings is 1. The van der Waals surface area contributed by atoms with Crippen LogP contribution in [0.25, 0.3) is 10.6 Å². The van der Waals surface area contributed by atoms with Gasteiger partial charge in [0.2, 0.25) is 0 Å². The largest absolute Gasteiger partial charge is 0.474 e. The molecule has 0 bridgehead atoms. The second-order valence-electron chi connectivity index (χ2n) is 7.14. The summed E-state index contributed by atoms with van der Waals surface area (Å²) < 4.78 is 22.1. The number of rotatable bonds is 6. The minimum absolute atomic E-state index is 0.296. The number of aryl methyl sites for hydroxylation is 2.